The summed E-state index contributed by atoms with van der Waals surface area (Å²) in [5.41, 5.74) is -0.830. The molecule has 0 radical (unpaired) electrons. The molecule has 2 rings (SSSR count). The van der Waals surface area contributed by atoms with Crippen molar-refractivity contribution in [1.82, 2.24) is 0 Å². The average molecular weight is 271 g/mol. The van der Waals surface area contributed by atoms with Gasteiger partial charge in [0.15, 0.2) is 11.4 Å². The van der Waals surface area contributed by atoms with Gasteiger partial charge in [-0.1, -0.05) is 29.8 Å². The number of aliphatic carboxylic acids is 1. The minimum atomic E-state index is -1.45. The highest BCUT2D eigenvalue weighted by molar-refractivity contribution is 6.31. The van der Waals surface area contributed by atoms with Gasteiger partial charge in [-0.25, -0.2) is 4.79 Å². The molecular formula is C13H15ClO4. The number of hydrogen-bond acceptors (Lipinski definition) is 3. The van der Waals surface area contributed by atoms with Crippen molar-refractivity contribution >= 4 is 17.6 Å². The molecule has 1 aromatic rings. The van der Waals surface area contributed by atoms with Crippen LogP contribution in [0.15, 0.2) is 24.3 Å². The highest BCUT2D eigenvalue weighted by Gasteiger charge is 2.56. The van der Waals surface area contributed by atoms with Crippen LogP contribution in [0.3, 0.4) is 0 Å². The van der Waals surface area contributed by atoms with Crippen LogP contribution >= 0.6 is 11.6 Å². The first-order valence-electron chi connectivity index (χ1n) is 5.62. The van der Waals surface area contributed by atoms with Gasteiger partial charge in [0.05, 0.1) is 0 Å². The number of rotatable bonds is 2. The van der Waals surface area contributed by atoms with E-state index in [9.17, 15) is 9.90 Å². The molecule has 18 heavy (non-hydrogen) atoms. The maximum Gasteiger partial charge on any atom is 0.338 e. The third-order valence-corrected chi connectivity index (χ3v) is 3.32. The fraction of sp³-hybridized carbons (Fsp3) is 0.462. The Labute approximate surface area is 110 Å². The smallest absolute Gasteiger partial charge is 0.338 e. The fourth-order valence-corrected chi connectivity index (χ4v) is 2.42. The van der Waals surface area contributed by atoms with Crippen molar-refractivity contribution in [3.63, 3.8) is 0 Å². The summed E-state index contributed by atoms with van der Waals surface area (Å²) < 4.78 is 11.2. The van der Waals surface area contributed by atoms with Crippen LogP contribution < -0.4 is 0 Å². The van der Waals surface area contributed by atoms with E-state index in [2.05, 4.69) is 0 Å². The second kappa shape index (κ2) is 4.23. The zero-order chi connectivity index (χ0) is 13.6. The predicted octanol–water partition coefficient (Wildman–Crippen LogP) is 3.01. The van der Waals surface area contributed by atoms with E-state index in [0.717, 1.165) is 0 Å². The summed E-state index contributed by atoms with van der Waals surface area (Å²) in [6.07, 6.45) is -0.737. The van der Waals surface area contributed by atoms with E-state index in [1.54, 1.807) is 38.1 Å². The quantitative estimate of drug-likeness (QED) is 0.897. The van der Waals surface area contributed by atoms with Gasteiger partial charge in [-0.05, 0) is 26.8 Å². The molecule has 0 bridgehead atoms. The number of benzene rings is 1. The van der Waals surface area contributed by atoms with Crippen LogP contribution in [0.25, 0.3) is 0 Å². The maximum atomic E-state index is 11.5. The minimum Gasteiger partial charge on any atom is -0.479 e. The summed E-state index contributed by atoms with van der Waals surface area (Å²) in [5.74, 6) is -2.03. The van der Waals surface area contributed by atoms with Gasteiger partial charge in [0, 0.05) is 10.6 Å². The van der Waals surface area contributed by atoms with E-state index in [1.807, 2.05) is 0 Å². The molecule has 1 heterocycles. The Hall–Kier alpha value is -1.10. The Bertz CT molecular complexity index is 486. The maximum absolute atomic E-state index is 11.5. The first kappa shape index (κ1) is 13.3. The van der Waals surface area contributed by atoms with Crippen LogP contribution in [0.5, 0.6) is 0 Å². The number of halogens is 1. The summed E-state index contributed by atoms with van der Waals surface area (Å²) in [4.78, 5) is 11.5. The van der Waals surface area contributed by atoms with Crippen LogP contribution in [0.1, 0.15) is 32.4 Å². The lowest BCUT2D eigenvalue weighted by Gasteiger charge is -2.24. The first-order valence-corrected chi connectivity index (χ1v) is 6.00. The standard InChI is InChI=1S/C13H15ClO4/c1-12(2)17-10(13(3,18-12)11(15)16)8-6-4-5-7-9(8)14/h4-7,10H,1-3H3,(H,15,16). The predicted molar refractivity (Wildman–Crippen MR) is 66.5 cm³/mol. The Morgan fingerprint density at radius 3 is 2.50 bits per heavy atom. The van der Waals surface area contributed by atoms with E-state index >= 15 is 0 Å². The van der Waals surface area contributed by atoms with Crippen molar-refractivity contribution in [2.45, 2.75) is 38.3 Å². The number of carbonyl (C=O) groups is 1. The molecule has 0 saturated carbocycles. The Morgan fingerprint density at radius 1 is 1.33 bits per heavy atom. The van der Waals surface area contributed by atoms with E-state index in [4.69, 9.17) is 21.1 Å². The zero-order valence-electron chi connectivity index (χ0n) is 10.4. The molecule has 5 heteroatoms. The van der Waals surface area contributed by atoms with Crippen molar-refractivity contribution in [2.75, 3.05) is 0 Å². The van der Waals surface area contributed by atoms with Crippen LogP contribution in [0.4, 0.5) is 0 Å². The van der Waals surface area contributed by atoms with Gasteiger partial charge < -0.3 is 14.6 Å². The van der Waals surface area contributed by atoms with Gasteiger partial charge in [-0.2, -0.15) is 0 Å². The molecule has 1 aromatic carbocycles. The lowest BCUT2D eigenvalue weighted by molar-refractivity contribution is -0.182. The number of carboxylic acids is 1. The molecule has 0 spiro atoms. The van der Waals surface area contributed by atoms with Crippen LogP contribution in [-0.4, -0.2) is 22.5 Å². The van der Waals surface area contributed by atoms with Gasteiger partial charge in [-0.3, -0.25) is 0 Å². The molecular weight excluding hydrogens is 256 g/mol. The zero-order valence-corrected chi connectivity index (χ0v) is 11.2. The second-order valence-electron chi connectivity index (χ2n) is 4.93. The van der Waals surface area contributed by atoms with E-state index in [0.29, 0.717) is 10.6 Å². The van der Waals surface area contributed by atoms with Crippen molar-refractivity contribution in [3.05, 3.63) is 34.9 Å². The van der Waals surface area contributed by atoms with Gasteiger partial charge >= 0.3 is 5.97 Å². The van der Waals surface area contributed by atoms with Crippen LogP contribution in [0.2, 0.25) is 5.02 Å². The second-order valence-corrected chi connectivity index (χ2v) is 5.34. The van der Waals surface area contributed by atoms with Gasteiger partial charge in [0.2, 0.25) is 0 Å². The highest BCUT2D eigenvalue weighted by atomic mass is 35.5. The minimum absolute atomic E-state index is 0.469. The lowest BCUT2D eigenvalue weighted by atomic mass is 9.93. The van der Waals surface area contributed by atoms with Crippen LogP contribution in [0, 0.1) is 0 Å². The third kappa shape index (κ3) is 2.11. The Kier molecular flexibility index (Phi) is 3.13. The first-order chi connectivity index (χ1) is 8.26. The third-order valence-electron chi connectivity index (χ3n) is 2.97. The molecule has 1 fully saturated rings. The van der Waals surface area contributed by atoms with Crippen LogP contribution in [-0.2, 0) is 14.3 Å². The average Bonchev–Trinajstić information content (AvgIpc) is 2.51. The van der Waals surface area contributed by atoms with E-state index < -0.39 is 23.5 Å². The molecule has 1 aliphatic rings. The van der Waals surface area contributed by atoms with Crippen molar-refractivity contribution in [3.8, 4) is 0 Å². The van der Waals surface area contributed by atoms with Crippen molar-refractivity contribution in [1.29, 1.82) is 0 Å². The van der Waals surface area contributed by atoms with E-state index in [1.165, 1.54) is 6.92 Å². The largest absolute Gasteiger partial charge is 0.479 e. The Balaban J connectivity index is 2.49. The van der Waals surface area contributed by atoms with Gasteiger partial charge in [0.25, 0.3) is 0 Å². The highest BCUT2D eigenvalue weighted by Crippen LogP contribution is 2.47. The summed E-state index contributed by atoms with van der Waals surface area (Å²) in [5, 5.41) is 9.85. The van der Waals surface area contributed by atoms with Gasteiger partial charge in [0.1, 0.15) is 6.10 Å². The number of hydrogen-bond donors (Lipinski definition) is 1. The topological polar surface area (TPSA) is 55.8 Å². The molecule has 1 saturated heterocycles. The molecule has 0 aliphatic carbocycles. The molecule has 0 amide bonds. The summed E-state index contributed by atoms with van der Waals surface area (Å²) in [6.45, 7) is 4.87. The molecule has 1 aliphatic heterocycles. The monoisotopic (exact) mass is 270 g/mol. The summed E-state index contributed by atoms with van der Waals surface area (Å²) in [7, 11) is 0. The van der Waals surface area contributed by atoms with Gasteiger partial charge in [-0.15, -0.1) is 0 Å². The number of carboxylic acid groups (broad SMARTS) is 1. The summed E-state index contributed by atoms with van der Waals surface area (Å²) in [6, 6.07) is 7.02. The SMILES string of the molecule is CC1(C)OC(c2ccccc2Cl)C(C)(C(=O)O)O1. The van der Waals surface area contributed by atoms with E-state index in [-0.39, 0.29) is 0 Å². The molecule has 4 nitrogen and oxygen atoms in total. The normalized spacial score (nSPS) is 30.3. The number of ether oxygens (including phenoxy) is 2. The van der Waals surface area contributed by atoms with Crippen molar-refractivity contribution < 1.29 is 19.4 Å². The van der Waals surface area contributed by atoms with Crippen molar-refractivity contribution in [2.24, 2.45) is 0 Å². The molecule has 2 unspecified atom stereocenters. The molecule has 98 valence electrons. The Morgan fingerprint density at radius 2 is 1.94 bits per heavy atom. The summed E-state index contributed by atoms with van der Waals surface area (Å²) >= 11 is 6.10. The molecule has 1 N–H and O–H groups in total. The molecule has 0 aromatic heterocycles. The molecule has 2 atom stereocenters. The fourth-order valence-electron chi connectivity index (χ4n) is 2.19. The lowest BCUT2D eigenvalue weighted by Crippen LogP contribution is -2.41.